The van der Waals surface area contributed by atoms with Gasteiger partial charge in [0.1, 0.15) is 0 Å². The minimum absolute atomic E-state index is 0. The summed E-state index contributed by atoms with van der Waals surface area (Å²) in [5.41, 5.74) is 0.906. The summed E-state index contributed by atoms with van der Waals surface area (Å²) in [6.45, 7) is 4.08. The molecule has 2 rings (SSSR count). The fourth-order valence-corrected chi connectivity index (χ4v) is 2.18. The number of guanidine groups is 1. The van der Waals surface area contributed by atoms with Crippen LogP contribution in [0.15, 0.2) is 23.2 Å². The van der Waals surface area contributed by atoms with Crippen molar-refractivity contribution >= 4 is 35.6 Å². The van der Waals surface area contributed by atoms with E-state index in [0.29, 0.717) is 39.0 Å². The smallest absolute Gasteiger partial charge is 0.195 e. The molecule has 0 fully saturated rings. The molecule has 1 aliphatic rings. The van der Waals surface area contributed by atoms with Crippen molar-refractivity contribution in [1.82, 2.24) is 5.32 Å². The molecule has 0 atom stereocenters. The molecule has 7 nitrogen and oxygen atoms in total. The summed E-state index contributed by atoms with van der Waals surface area (Å²) in [5.74, 6) is 2.26. The fraction of sp³-hybridized carbons (Fsp3) is 0.588. The molecule has 1 heterocycles. The molecule has 1 aromatic rings. The summed E-state index contributed by atoms with van der Waals surface area (Å²) < 4.78 is 21.7. The third-order valence-corrected chi connectivity index (χ3v) is 3.42. The highest BCUT2D eigenvalue weighted by atomic mass is 127. The number of nitrogens with one attached hydrogen (secondary N) is 2. The van der Waals surface area contributed by atoms with Crippen molar-refractivity contribution in [2.75, 3.05) is 59.1 Å². The Hall–Kier alpha value is -1.26. The molecule has 0 amide bonds. The molecule has 0 aliphatic carbocycles. The van der Waals surface area contributed by atoms with E-state index in [2.05, 4.69) is 15.6 Å². The van der Waals surface area contributed by atoms with Crippen molar-refractivity contribution in [2.24, 2.45) is 4.99 Å². The van der Waals surface area contributed by atoms with Crippen LogP contribution in [-0.2, 0) is 9.47 Å². The molecule has 0 bridgehead atoms. The molecule has 0 unspecified atom stereocenters. The van der Waals surface area contributed by atoms with Crippen LogP contribution in [0.25, 0.3) is 0 Å². The van der Waals surface area contributed by atoms with Gasteiger partial charge in [0.2, 0.25) is 0 Å². The van der Waals surface area contributed by atoms with E-state index in [4.69, 9.17) is 18.9 Å². The Kier molecular flexibility index (Phi) is 11.3. The maximum atomic E-state index is 5.70. The molecule has 25 heavy (non-hydrogen) atoms. The Morgan fingerprint density at radius 3 is 2.72 bits per heavy atom. The molecular formula is C17H28IN3O4. The van der Waals surface area contributed by atoms with Gasteiger partial charge in [-0.1, -0.05) is 0 Å². The van der Waals surface area contributed by atoms with Crippen molar-refractivity contribution in [1.29, 1.82) is 0 Å². The van der Waals surface area contributed by atoms with Crippen LogP contribution in [0.2, 0.25) is 0 Å². The first-order chi connectivity index (χ1) is 11.8. The standard InChI is InChI=1S/C17H27N3O4.HI/c1-18-17(19-7-3-8-22-12-11-21-2)20-14-5-6-15-16(13-14)24-10-4-9-23-15;/h5-6,13H,3-4,7-12H2,1-2H3,(H2,18,19,20);1H. The lowest BCUT2D eigenvalue weighted by Gasteiger charge is -2.14. The SMILES string of the molecule is CN=C(NCCCOCCOC)Nc1ccc2c(c1)OCCCO2.I. The van der Waals surface area contributed by atoms with E-state index in [1.165, 1.54) is 0 Å². The molecule has 0 saturated heterocycles. The molecule has 142 valence electrons. The predicted molar refractivity (Wildman–Crippen MR) is 110 cm³/mol. The first kappa shape index (κ1) is 21.8. The molecule has 0 aromatic heterocycles. The van der Waals surface area contributed by atoms with Gasteiger partial charge in [0.05, 0.1) is 26.4 Å². The zero-order chi connectivity index (χ0) is 17.0. The second kappa shape index (κ2) is 13.0. The number of halogens is 1. The number of hydrogen-bond acceptors (Lipinski definition) is 5. The normalized spacial score (nSPS) is 13.6. The Bertz CT molecular complexity index is 529. The average molecular weight is 465 g/mol. The van der Waals surface area contributed by atoms with Gasteiger partial charge in [0.15, 0.2) is 17.5 Å². The summed E-state index contributed by atoms with van der Waals surface area (Å²) in [6.07, 6.45) is 1.79. The van der Waals surface area contributed by atoms with Crippen molar-refractivity contribution in [3.05, 3.63) is 18.2 Å². The first-order valence-electron chi connectivity index (χ1n) is 8.27. The minimum Gasteiger partial charge on any atom is -0.490 e. The third-order valence-electron chi connectivity index (χ3n) is 3.42. The van der Waals surface area contributed by atoms with E-state index in [1.54, 1.807) is 14.2 Å². The summed E-state index contributed by atoms with van der Waals surface area (Å²) in [7, 11) is 3.41. The van der Waals surface area contributed by atoms with Crippen molar-refractivity contribution in [3.8, 4) is 11.5 Å². The van der Waals surface area contributed by atoms with E-state index >= 15 is 0 Å². The second-order valence-electron chi connectivity index (χ2n) is 5.29. The highest BCUT2D eigenvalue weighted by Crippen LogP contribution is 2.32. The number of nitrogens with zero attached hydrogens (tertiary/aromatic N) is 1. The van der Waals surface area contributed by atoms with Crippen LogP contribution in [0.1, 0.15) is 12.8 Å². The Morgan fingerprint density at radius 1 is 1.16 bits per heavy atom. The van der Waals surface area contributed by atoms with Crippen LogP contribution in [0.5, 0.6) is 11.5 Å². The Balaban J connectivity index is 0.00000312. The average Bonchev–Trinajstić information content (AvgIpc) is 2.84. The van der Waals surface area contributed by atoms with Crippen molar-refractivity contribution in [2.45, 2.75) is 12.8 Å². The van der Waals surface area contributed by atoms with Gasteiger partial charge in [-0.15, -0.1) is 24.0 Å². The van der Waals surface area contributed by atoms with Gasteiger partial charge in [-0.25, -0.2) is 0 Å². The summed E-state index contributed by atoms with van der Waals surface area (Å²) in [6, 6.07) is 5.80. The molecule has 8 heteroatoms. The number of benzene rings is 1. The summed E-state index contributed by atoms with van der Waals surface area (Å²) in [5, 5.41) is 6.51. The van der Waals surface area contributed by atoms with Crippen LogP contribution >= 0.6 is 24.0 Å². The lowest BCUT2D eigenvalue weighted by Crippen LogP contribution is -2.32. The van der Waals surface area contributed by atoms with Crippen LogP contribution < -0.4 is 20.1 Å². The maximum absolute atomic E-state index is 5.70. The van der Waals surface area contributed by atoms with E-state index in [0.717, 1.165) is 36.6 Å². The number of rotatable bonds is 8. The molecular weight excluding hydrogens is 437 g/mol. The van der Waals surface area contributed by atoms with Crippen LogP contribution in [0, 0.1) is 0 Å². The highest BCUT2D eigenvalue weighted by molar-refractivity contribution is 14.0. The predicted octanol–water partition coefficient (Wildman–Crippen LogP) is 2.51. The van der Waals surface area contributed by atoms with Gasteiger partial charge in [0.25, 0.3) is 0 Å². The molecule has 0 radical (unpaired) electrons. The monoisotopic (exact) mass is 465 g/mol. The third kappa shape index (κ3) is 8.10. The molecule has 2 N–H and O–H groups in total. The number of fused-ring (bicyclic) bond motifs is 1. The van der Waals surface area contributed by atoms with E-state index in [-0.39, 0.29) is 24.0 Å². The van der Waals surface area contributed by atoms with Gasteiger partial charge in [-0.3, -0.25) is 4.99 Å². The maximum Gasteiger partial charge on any atom is 0.195 e. The van der Waals surface area contributed by atoms with Gasteiger partial charge < -0.3 is 29.6 Å². The zero-order valence-corrected chi connectivity index (χ0v) is 17.2. The van der Waals surface area contributed by atoms with Gasteiger partial charge in [-0.2, -0.15) is 0 Å². The topological polar surface area (TPSA) is 73.3 Å². The van der Waals surface area contributed by atoms with Gasteiger partial charge >= 0.3 is 0 Å². The number of anilines is 1. The van der Waals surface area contributed by atoms with Gasteiger partial charge in [-0.05, 0) is 18.6 Å². The molecule has 1 aliphatic heterocycles. The van der Waals surface area contributed by atoms with Crippen LogP contribution in [0.4, 0.5) is 5.69 Å². The van der Waals surface area contributed by atoms with E-state index in [1.807, 2.05) is 18.2 Å². The molecule has 0 spiro atoms. The quantitative estimate of drug-likeness (QED) is 0.266. The second-order valence-corrected chi connectivity index (χ2v) is 5.29. The number of ether oxygens (including phenoxy) is 4. The summed E-state index contributed by atoms with van der Waals surface area (Å²) in [4.78, 5) is 4.22. The number of aliphatic imine (C=N–C) groups is 1. The van der Waals surface area contributed by atoms with Gasteiger partial charge in [0, 0.05) is 45.5 Å². The lowest BCUT2D eigenvalue weighted by atomic mass is 10.3. The van der Waals surface area contributed by atoms with E-state index < -0.39 is 0 Å². The summed E-state index contributed by atoms with van der Waals surface area (Å²) >= 11 is 0. The fourth-order valence-electron chi connectivity index (χ4n) is 2.18. The highest BCUT2D eigenvalue weighted by Gasteiger charge is 2.11. The zero-order valence-electron chi connectivity index (χ0n) is 14.9. The largest absolute Gasteiger partial charge is 0.490 e. The minimum atomic E-state index is 0. The van der Waals surface area contributed by atoms with Crippen LogP contribution in [-0.4, -0.2) is 59.7 Å². The first-order valence-corrected chi connectivity index (χ1v) is 8.27. The van der Waals surface area contributed by atoms with Crippen LogP contribution in [0.3, 0.4) is 0 Å². The molecule has 1 aromatic carbocycles. The number of hydrogen-bond donors (Lipinski definition) is 2. The Morgan fingerprint density at radius 2 is 1.96 bits per heavy atom. The lowest BCUT2D eigenvalue weighted by molar-refractivity contribution is 0.0699. The van der Waals surface area contributed by atoms with Crippen molar-refractivity contribution < 1.29 is 18.9 Å². The number of methoxy groups -OCH3 is 1. The molecule has 0 saturated carbocycles. The van der Waals surface area contributed by atoms with E-state index in [9.17, 15) is 0 Å². The van der Waals surface area contributed by atoms with Crippen molar-refractivity contribution in [3.63, 3.8) is 0 Å². The Labute approximate surface area is 166 Å².